The summed E-state index contributed by atoms with van der Waals surface area (Å²) in [4.78, 5) is 3.98. The van der Waals surface area contributed by atoms with Crippen LogP contribution in [0.2, 0.25) is 0 Å². The van der Waals surface area contributed by atoms with E-state index < -0.39 is 0 Å². The Morgan fingerprint density at radius 1 is 1.67 bits per heavy atom. The van der Waals surface area contributed by atoms with Gasteiger partial charge in [-0.2, -0.15) is 0 Å². The van der Waals surface area contributed by atoms with Crippen molar-refractivity contribution in [1.29, 1.82) is 0 Å². The lowest BCUT2D eigenvalue weighted by Crippen LogP contribution is -2.31. The number of pyridine rings is 1. The Morgan fingerprint density at radius 2 is 2.50 bits per heavy atom. The molecule has 12 heavy (non-hydrogen) atoms. The SMILES string of the molecule is CNC(=S)NCc1cccnc1. The van der Waals surface area contributed by atoms with E-state index in [9.17, 15) is 0 Å². The summed E-state index contributed by atoms with van der Waals surface area (Å²) in [5, 5.41) is 6.52. The minimum Gasteiger partial charge on any atom is -0.366 e. The summed E-state index contributed by atoms with van der Waals surface area (Å²) >= 11 is 4.91. The predicted molar refractivity (Wildman–Crippen MR) is 52.7 cm³/mol. The van der Waals surface area contributed by atoms with E-state index in [1.54, 1.807) is 13.2 Å². The van der Waals surface area contributed by atoms with Crippen molar-refractivity contribution in [2.24, 2.45) is 0 Å². The zero-order chi connectivity index (χ0) is 8.81. The van der Waals surface area contributed by atoms with Gasteiger partial charge >= 0.3 is 0 Å². The lowest BCUT2D eigenvalue weighted by molar-refractivity contribution is 0.884. The first-order valence-electron chi connectivity index (χ1n) is 3.67. The first kappa shape index (κ1) is 8.93. The molecule has 1 heterocycles. The van der Waals surface area contributed by atoms with Gasteiger partial charge in [-0.05, 0) is 23.8 Å². The second-order valence-electron chi connectivity index (χ2n) is 2.29. The third kappa shape index (κ3) is 2.84. The molecule has 2 N–H and O–H groups in total. The Labute approximate surface area is 77.2 Å². The van der Waals surface area contributed by atoms with Gasteiger partial charge < -0.3 is 10.6 Å². The second kappa shape index (κ2) is 4.66. The molecule has 1 aromatic rings. The topological polar surface area (TPSA) is 37.0 Å². The third-order valence-electron chi connectivity index (χ3n) is 1.40. The molecule has 0 bridgehead atoms. The third-order valence-corrected chi connectivity index (χ3v) is 1.75. The van der Waals surface area contributed by atoms with Gasteiger partial charge in [-0.3, -0.25) is 4.98 Å². The van der Waals surface area contributed by atoms with E-state index in [2.05, 4.69) is 15.6 Å². The highest BCUT2D eigenvalue weighted by molar-refractivity contribution is 7.80. The van der Waals surface area contributed by atoms with Crippen LogP contribution < -0.4 is 10.6 Å². The number of hydrogen-bond acceptors (Lipinski definition) is 2. The molecule has 0 amide bonds. The van der Waals surface area contributed by atoms with Gasteiger partial charge in [0.15, 0.2) is 5.11 Å². The average Bonchev–Trinajstić information content (AvgIpc) is 2.16. The summed E-state index contributed by atoms with van der Waals surface area (Å²) in [6, 6.07) is 3.90. The molecule has 1 rings (SSSR count). The van der Waals surface area contributed by atoms with E-state index in [1.807, 2.05) is 18.3 Å². The molecule has 0 atom stereocenters. The van der Waals surface area contributed by atoms with Crippen molar-refractivity contribution in [2.75, 3.05) is 7.05 Å². The Balaban J connectivity index is 2.38. The van der Waals surface area contributed by atoms with Crippen LogP contribution in [0.1, 0.15) is 5.56 Å². The Hall–Kier alpha value is -1.16. The highest BCUT2D eigenvalue weighted by atomic mass is 32.1. The minimum absolute atomic E-state index is 0.652. The van der Waals surface area contributed by atoms with Gasteiger partial charge in [0.2, 0.25) is 0 Å². The van der Waals surface area contributed by atoms with Crippen LogP contribution in [-0.2, 0) is 6.54 Å². The van der Waals surface area contributed by atoms with Crippen molar-refractivity contribution >= 4 is 17.3 Å². The molecular weight excluding hydrogens is 170 g/mol. The fraction of sp³-hybridized carbons (Fsp3) is 0.250. The number of rotatable bonds is 2. The Morgan fingerprint density at radius 3 is 3.08 bits per heavy atom. The van der Waals surface area contributed by atoms with Gasteiger partial charge in [0.1, 0.15) is 0 Å². The summed E-state index contributed by atoms with van der Waals surface area (Å²) in [5.74, 6) is 0. The fourth-order valence-electron chi connectivity index (χ4n) is 0.773. The predicted octanol–water partition coefficient (Wildman–Crippen LogP) is 0.675. The van der Waals surface area contributed by atoms with Gasteiger partial charge in [-0.25, -0.2) is 0 Å². The molecule has 0 unspecified atom stereocenters. The lowest BCUT2D eigenvalue weighted by atomic mass is 10.3. The normalized spacial score (nSPS) is 9.08. The van der Waals surface area contributed by atoms with Crippen molar-refractivity contribution in [1.82, 2.24) is 15.6 Å². The maximum Gasteiger partial charge on any atom is 0.166 e. The van der Waals surface area contributed by atoms with Crippen molar-refractivity contribution < 1.29 is 0 Å². The molecule has 0 radical (unpaired) electrons. The largest absolute Gasteiger partial charge is 0.366 e. The number of nitrogens with zero attached hydrogens (tertiary/aromatic N) is 1. The molecule has 0 saturated heterocycles. The first-order valence-corrected chi connectivity index (χ1v) is 4.08. The zero-order valence-electron chi connectivity index (χ0n) is 6.87. The van der Waals surface area contributed by atoms with Gasteiger partial charge in [0, 0.05) is 26.0 Å². The van der Waals surface area contributed by atoms with Crippen LogP contribution in [0.3, 0.4) is 0 Å². The van der Waals surface area contributed by atoms with E-state index in [4.69, 9.17) is 12.2 Å². The van der Waals surface area contributed by atoms with E-state index in [-0.39, 0.29) is 0 Å². The van der Waals surface area contributed by atoms with E-state index in [0.717, 1.165) is 5.56 Å². The van der Waals surface area contributed by atoms with Crippen molar-refractivity contribution in [3.8, 4) is 0 Å². The van der Waals surface area contributed by atoms with Crippen LogP contribution in [0, 0.1) is 0 Å². The average molecular weight is 181 g/mol. The molecule has 0 saturated carbocycles. The molecule has 4 heteroatoms. The minimum atomic E-state index is 0.652. The summed E-state index contributed by atoms with van der Waals surface area (Å²) < 4.78 is 0. The molecular formula is C8H11N3S. The van der Waals surface area contributed by atoms with Crippen LogP contribution in [0.5, 0.6) is 0 Å². The second-order valence-corrected chi connectivity index (χ2v) is 2.70. The molecule has 0 aliphatic carbocycles. The molecule has 1 aromatic heterocycles. The molecule has 0 aliphatic rings. The number of nitrogens with one attached hydrogen (secondary N) is 2. The summed E-state index contributed by atoms with van der Waals surface area (Å²) in [5.41, 5.74) is 1.12. The Kier molecular flexibility index (Phi) is 3.47. The molecule has 3 nitrogen and oxygen atoms in total. The van der Waals surface area contributed by atoms with Gasteiger partial charge in [0.25, 0.3) is 0 Å². The summed E-state index contributed by atoms with van der Waals surface area (Å²) in [6.07, 6.45) is 3.56. The first-order chi connectivity index (χ1) is 5.83. The standard InChI is InChI=1S/C8H11N3S/c1-9-8(12)11-6-7-3-2-4-10-5-7/h2-5H,6H2,1H3,(H2,9,11,12). The zero-order valence-corrected chi connectivity index (χ0v) is 7.69. The van der Waals surface area contributed by atoms with Crippen molar-refractivity contribution in [3.63, 3.8) is 0 Å². The quantitative estimate of drug-likeness (QED) is 0.658. The lowest BCUT2D eigenvalue weighted by Gasteiger charge is -2.05. The number of hydrogen-bond donors (Lipinski definition) is 2. The van der Waals surface area contributed by atoms with E-state index in [0.29, 0.717) is 11.7 Å². The van der Waals surface area contributed by atoms with Crippen LogP contribution in [0.4, 0.5) is 0 Å². The molecule has 0 aromatic carbocycles. The van der Waals surface area contributed by atoms with Crippen LogP contribution in [0.15, 0.2) is 24.5 Å². The Bertz CT molecular complexity index is 248. The van der Waals surface area contributed by atoms with Crippen LogP contribution in [-0.4, -0.2) is 17.1 Å². The van der Waals surface area contributed by atoms with Gasteiger partial charge in [-0.1, -0.05) is 6.07 Å². The maximum absolute atomic E-state index is 4.91. The van der Waals surface area contributed by atoms with Gasteiger partial charge in [-0.15, -0.1) is 0 Å². The maximum atomic E-state index is 4.91. The van der Waals surface area contributed by atoms with Crippen molar-refractivity contribution in [3.05, 3.63) is 30.1 Å². The molecule has 64 valence electrons. The molecule has 0 aliphatic heterocycles. The number of aromatic nitrogens is 1. The highest BCUT2D eigenvalue weighted by Crippen LogP contribution is 1.93. The number of thiocarbonyl (C=S) groups is 1. The smallest absolute Gasteiger partial charge is 0.166 e. The van der Waals surface area contributed by atoms with Crippen LogP contribution in [0.25, 0.3) is 0 Å². The van der Waals surface area contributed by atoms with E-state index in [1.165, 1.54) is 0 Å². The monoisotopic (exact) mass is 181 g/mol. The molecule has 0 fully saturated rings. The highest BCUT2D eigenvalue weighted by Gasteiger charge is 1.92. The van der Waals surface area contributed by atoms with E-state index >= 15 is 0 Å². The fourth-order valence-corrected chi connectivity index (χ4v) is 0.846. The van der Waals surface area contributed by atoms with Gasteiger partial charge in [0.05, 0.1) is 0 Å². The van der Waals surface area contributed by atoms with Crippen molar-refractivity contribution in [2.45, 2.75) is 6.54 Å². The van der Waals surface area contributed by atoms with Crippen LogP contribution >= 0.6 is 12.2 Å². The summed E-state index contributed by atoms with van der Waals surface area (Å²) in [7, 11) is 1.79. The molecule has 0 spiro atoms. The summed E-state index contributed by atoms with van der Waals surface area (Å²) in [6.45, 7) is 0.716.